The van der Waals surface area contributed by atoms with Crippen molar-refractivity contribution in [3.63, 3.8) is 0 Å². The summed E-state index contributed by atoms with van der Waals surface area (Å²) < 4.78 is 0. The second-order valence-electron chi connectivity index (χ2n) is 5.32. The summed E-state index contributed by atoms with van der Waals surface area (Å²) in [5.41, 5.74) is 1.06. The van der Waals surface area contributed by atoms with Crippen LogP contribution in [0, 0.1) is 5.92 Å². The van der Waals surface area contributed by atoms with Gasteiger partial charge in [-0.3, -0.25) is 4.79 Å². The number of carbonyl (C=O) groups is 2. The molecule has 1 aromatic carbocycles. The molecule has 2 atom stereocenters. The molecule has 1 aromatic rings. The average Bonchev–Trinajstić information content (AvgIpc) is 2.47. The van der Waals surface area contributed by atoms with Crippen molar-refractivity contribution in [3.8, 4) is 0 Å². The Morgan fingerprint density at radius 1 is 1.29 bits per heavy atom. The highest BCUT2D eigenvalue weighted by Crippen LogP contribution is 2.18. The van der Waals surface area contributed by atoms with E-state index in [0.717, 1.165) is 18.4 Å². The summed E-state index contributed by atoms with van der Waals surface area (Å²) in [4.78, 5) is 24.4. The summed E-state index contributed by atoms with van der Waals surface area (Å²) in [6.07, 6.45) is 1.80. The maximum Gasteiger partial charge on any atom is 0.317 e. The van der Waals surface area contributed by atoms with Crippen molar-refractivity contribution in [1.82, 2.24) is 10.2 Å². The minimum Gasteiger partial charge on any atom is -0.481 e. The van der Waals surface area contributed by atoms with Crippen LogP contribution in [0.3, 0.4) is 0 Å². The number of carbonyl (C=O) groups excluding carboxylic acids is 1. The van der Waals surface area contributed by atoms with Crippen molar-refractivity contribution in [1.29, 1.82) is 0 Å². The van der Waals surface area contributed by atoms with E-state index >= 15 is 0 Å². The van der Waals surface area contributed by atoms with E-state index < -0.39 is 11.9 Å². The molecule has 2 N–H and O–H groups in total. The molecule has 2 amide bonds. The number of benzene rings is 1. The Morgan fingerprint density at radius 2 is 1.90 bits per heavy atom. The number of amides is 2. The van der Waals surface area contributed by atoms with Gasteiger partial charge in [0.1, 0.15) is 0 Å². The Bertz CT molecular complexity index is 462. The summed E-state index contributed by atoms with van der Waals surface area (Å²) in [6.45, 7) is 3.85. The Balaban J connectivity index is 2.66. The average molecular weight is 292 g/mol. The van der Waals surface area contributed by atoms with E-state index in [4.69, 9.17) is 5.11 Å². The van der Waals surface area contributed by atoms with Gasteiger partial charge in [0.2, 0.25) is 0 Å². The number of nitrogens with one attached hydrogen (secondary N) is 1. The van der Waals surface area contributed by atoms with Gasteiger partial charge >= 0.3 is 12.0 Å². The molecule has 0 spiro atoms. The first-order valence-electron chi connectivity index (χ1n) is 7.25. The van der Waals surface area contributed by atoms with E-state index in [1.165, 1.54) is 4.90 Å². The van der Waals surface area contributed by atoms with Gasteiger partial charge in [-0.05, 0) is 12.0 Å². The van der Waals surface area contributed by atoms with Crippen LogP contribution in [0.15, 0.2) is 30.3 Å². The molecule has 0 saturated carbocycles. The predicted molar refractivity (Wildman–Crippen MR) is 82.1 cm³/mol. The van der Waals surface area contributed by atoms with Gasteiger partial charge in [-0.1, -0.05) is 50.6 Å². The Hall–Kier alpha value is -2.04. The van der Waals surface area contributed by atoms with Crippen LogP contribution in [0.1, 0.15) is 38.3 Å². The van der Waals surface area contributed by atoms with Crippen molar-refractivity contribution in [3.05, 3.63) is 35.9 Å². The number of carboxylic acid groups (broad SMARTS) is 1. The van der Waals surface area contributed by atoms with Gasteiger partial charge in [0.15, 0.2) is 0 Å². The molecular formula is C16H24N2O3. The number of urea groups is 1. The van der Waals surface area contributed by atoms with Crippen LogP contribution < -0.4 is 5.32 Å². The van der Waals surface area contributed by atoms with Gasteiger partial charge in [0, 0.05) is 13.6 Å². The van der Waals surface area contributed by atoms with Crippen molar-refractivity contribution in [2.45, 2.75) is 32.7 Å². The van der Waals surface area contributed by atoms with Crippen molar-refractivity contribution >= 4 is 12.0 Å². The lowest BCUT2D eigenvalue weighted by atomic mass is 10.0. The molecule has 0 heterocycles. The molecule has 0 aliphatic heterocycles. The summed E-state index contributed by atoms with van der Waals surface area (Å²) in [5.74, 6) is -1.48. The third kappa shape index (κ3) is 5.45. The van der Waals surface area contributed by atoms with E-state index in [-0.39, 0.29) is 18.6 Å². The number of hydrogen-bond acceptors (Lipinski definition) is 2. The van der Waals surface area contributed by atoms with E-state index in [9.17, 15) is 9.59 Å². The van der Waals surface area contributed by atoms with Crippen LogP contribution in [-0.2, 0) is 4.79 Å². The van der Waals surface area contributed by atoms with Gasteiger partial charge in [0.25, 0.3) is 0 Å². The summed E-state index contributed by atoms with van der Waals surface area (Å²) in [5, 5.41) is 11.9. The van der Waals surface area contributed by atoms with Gasteiger partial charge < -0.3 is 15.3 Å². The normalized spacial score (nSPS) is 13.3. The Morgan fingerprint density at radius 3 is 2.43 bits per heavy atom. The zero-order valence-electron chi connectivity index (χ0n) is 12.9. The van der Waals surface area contributed by atoms with Crippen LogP contribution >= 0.6 is 0 Å². The van der Waals surface area contributed by atoms with Gasteiger partial charge in [-0.15, -0.1) is 0 Å². The molecule has 0 aliphatic carbocycles. The van der Waals surface area contributed by atoms with Crippen LogP contribution in [0.25, 0.3) is 0 Å². The maximum atomic E-state index is 12.2. The fraction of sp³-hybridized carbons (Fsp3) is 0.500. The van der Waals surface area contributed by atoms with E-state index in [1.54, 1.807) is 14.0 Å². The zero-order valence-corrected chi connectivity index (χ0v) is 12.9. The lowest BCUT2D eigenvalue weighted by Gasteiger charge is -2.25. The lowest BCUT2D eigenvalue weighted by molar-refractivity contribution is -0.141. The Labute approximate surface area is 126 Å². The topological polar surface area (TPSA) is 69.6 Å². The highest BCUT2D eigenvalue weighted by Gasteiger charge is 2.20. The van der Waals surface area contributed by atoms with Crippen LogP contribution in [0.5, 0.6) is 0 Å². The van der Waals surface area contributed by atoms with Gasteiger partial charge in [-0.2, -0.15) is 0 Å². The lowest BCUT2D eigenvalue weighted by Crippen LogP contribution is -2.42. The van der Waals surface area contributed by atoms with Crippen LogP contribution in [-0.4, -0.2) is 35.6 Å². The largest absolute Gasteiger partial charge is 0.481 e. The fourth-order valence-corrected chi connectivity index (χ4v) is 2.13. The number of nitrogens with zero attached hydrogens (tertiary/aromatic N) is 1. The quantitative estimate of drug-likeness (QED) is 0.812. The number of rotatable bonds is 7. The van der Waals surface area contributed by atoms with Crippen molar-refractivity contribution in [2.75, 3.05) is 13.6 Å². The molecule has 2 unspecified atom stereocenters. The number of carboxylic acids is 1. The van der Waals surface area contributed by atoms with Crippen molar-refractivity contribution in [2.24, 2.45) is 5.92 Å². The van der Waals surface area contributed by atoms with E-state index in [0.29, 0.717) is 0 Å². The standard InChI is InChI=1S/C16H24N2O3/c1-4-8-14(13-9-6-5-7-10-13)17-16(21)18(3)11-12(2)15(19)20/h5-7,9-10,12,14H,4,8,11H2,1-3H3,(H,17,21)(H,19,20). The number of aliphatic carboxylic acids is 1. The van der Waals surface area contributed by atoms with Crippen LogP contribution in [0.2, 0.25) is 0 Å². The first kappa shape index (κ1) is 17.0. The minimum absolute atomic E-state index is 0.0497. The highest BCUT2D eigenvalue weighted by molar-refractivity contribution is 5.76. The molecule has 5 heteroatoms. The van der Waals surface area contributed by atoms with E-state index in [2.05, 4.69) is 12.2 Å². The van der Waals surface area contributed by atoms with Crippen LogP contribution in [0.4, 0.5) is 4.79 Å². The second-order valence-corrected chi connectivity index (χ2v) is 5.32. The molecule has 5 nitrogen and oxygen atoms in total. The smallest absolute Gasteiger partial charge is 0.317 e. The fourth-order valence-electron chi connectivity index (χ4n) is 2.13. The minimum atomic E-state index is -0.900. The SMILES string of the molecule is CCCC(NC(=O)N(C)CC(C)C(=O)O)c1ccccc1. The molecule has 0 aromatic heterocycles. The maximum absolute atomic E-state index is 12.2. The first-order valence-corrected chi connectivity index (χ1v) is 7.25. The second kappa shape index (κ2) is 8.29. The monoisotopic (exact) mass is 292 g/mol. The Kier molecular flexibility index (Phi) is 6.72. The molecule has 0 saturated heterocycles. The van der Waals surface area contributed by atoms with Gasteiger partial charge in [0.05, 0.1) is 12.0 Å². The summed E-state index contributed by atoms with van der Waals surface area (Å²) in [7, 11) is 1.61. The van der Waals surface area contributed by atoms with E-state index in [1.807, 2.05) is 30.3 Å². The highest BCUT2D eigenvalue weighted by atomic mass is 16.4. The molecule has 1 rings (SSSR count). The third-order valence-electron chi connectivity index (χ3n) is 3.39. The predicted octanol–water partition coefficient (Wildman–Crippen LogP) is 2.89. The van der Waals surface area contributed by atoms with Crippen molar-refractivity contribution < 1.29 is 14.7 Å². The number of hydrogen-bond donors (Lipinski definition) is 2. The molecule has 0 bridgehead atoms. The molecule has 0 radical (unpaired) electrons. The molecular weight excluding hydrogens is 268 g/mol. The zero-order chi connectivity index (χ0) is 15.8. The van der Waals surface area contributed by atoms with Gasteiger partial charge in [-0.25, -0.2) is 4.79 Å². The first-order chi connectivity index (χ1) is 9.95. The molecule has 21 heavy (non-hydrogen) atoms. The third-order valence-corrected chi connectivity index (χ3v) is 3.39. The summed E-state index contributed by atoms with van der Waals surface area (Å²) >= 11 is 0. The molecule has 0 fully saturated rings. The molecule has 0 aliphatic rings. The molecule has 116 valence electrons. The summed E-state index contributed by atoms with van der Waals surface area (Å²) in [6, 6.07) is 9.51.